The van der Waals surface area contributed by atoms with Crippen LogP contribution in [0.5, 0.6) is 5.75 Å². The maximum absolute atomic E-state index is 6.14. The van der Waals surface area contributed by atoms with Crippen molar-refractivity contribution in [3.8, 4) is 5.75 Å². The van der Waals surface area contributed by atoms with Gasteiger partial charge in [0.15, 0.2) is 0 Å². The number of anilines is 1. The lowest BCUT2D eigenvalue weighted by atomic mass is 10.1. The molecule has 1 heterocycles. The van der Waals surface area contributed by atoms with E-state index in [1.54, 1.807) is 7.11 Å². The number of aromatic nitrogens is 1. The third-order valence-corrected chi connectivity index (χ3v) is 3.75. The molecule has 2 N–H and O–H groups in total. The lowest BCUT2D eigenvalue weighted by Gasteiger charge is -2.26. The van der Waals surface area contributed by atoms with E-state index in [9.17, 15) is 0 Å². The first-order valence-electron chi connectivity index (χ1n) is 7.52. The number of fused-ring (bicyclic) bond motifs is 1. The van der Waals surface area contributed by atoms with E-state index in [0.717, 1.165) is 41.7 Å². The topological polar surface area (TPSA) is 51.4 Å². The number of nitrogens with two attached hydrogens (primary N) is 1. The zero-order chi connectivity index (χ0) is 15.4. The van der Waals surface area contributed by atoms with Crippen LogP contribution in [0.1, 0.15) is 32.8 Å². The Balaban J connectivity index is 2.33. The molecule has 1 aromatic carbocycles. The number of hydrogen-bond donors (Lipinski definition) is 1. The summed E-state index contributed by atoms with van der Waals surface area (Å²) in [5.41, 5.74) is 8.11. The zero-order valence-corrected chi connectivity index (χ0v) is 13.4. The van der Waals surface area contributed by atoms with Crippen LogP contribution < -0.4 is 10.5 Å². The molecule has 0 bridgehead atoms. The molecule has 0 aliphatic heterocycles. The smallest absolute Gasteiger partial charge is 0.128 e. The summed E-state index contributed by atoms with van der Waals surface area (Å²) in [7, 11) is 1.66. The van der Waals surface area contributed by atoms with Gasteiger partial charge in [-0.1, -0.05) is 6.92 Å². The van der Waals surface area contributed by atoms with E-state index in [-0.39, 0.29) is 0 Å². The molecule has 0 spiro atoms. The van der Waals surface area contributed by atoms with E-state index in [0.29, 0.717) is 11.9 Å². The molecule has 0 aliphatic rings. The summed E-state index contributed by atoms with van der Waals surface area (Å²) in [4.78, 5) is 6.95. The number of methoxy groups -OCH3 is 1. The van der Waals surface area contributed by atoms with Gasteiger partial charge in [0, 0.05) is 29.6 Å². The van der Waals surface area contributed by atoms with Crippen LogP contribution in [0.4, 0.5) is 5.82 Å². The Morgan fingerprint density at radius 3 is 2.67 bits per heavy atom. The first-order valence-corrected chi connectivity index (χ1v) is 7.52. The second-order valence-corrected chi connectivity index (χ2v) is 5.66. The molecule has 0 amide bonds. The maximum atomic E-state index is 6.14. The van der Waals surface area contributed by atoms with Gasteiger partial charge in [-0.2, -0.15) is 0 Å². The third-order valence-electron chi connectivity index (χ3n) is 3.75. The fourth-order valence-electron chi connectivity index (χ4n) is 2.49. The molecule has 0 saturated heterocycles. The van der Waals surface area contributed by atoms with Crippen molar-refractivity contribution in [1.82, 2.24) is 9.88 Å². The number of pyridine rings is 1. The van der Waals surface area contributed by atoms with Gasteiger partial charge in [0.05, 0.1) is 12.6 Å². The first kappa shape index (κ1) is 15.6. The minimum absolute atomic E-state index is 0.496. The van der Waals surface area contributed by atoms with Gasteiger partial charge in [0.2, 0.25) is 0 Å². The molecule has 114 valence electrons. The van der Waals surface area contributed by atoms with Crippen molar-refractivity contribution in [2.45, 2.75) is 39.8 Å². The van der Waals surface area contributed by atoms with E-state index in [1.165, 1.54) is 0 Å². The van der Waals surface area contributed by atoms with E-state index in [1.807, 2.05) is 18.2 Å². The van der Waals surface area contributed by atoms with Gasteiger partial charge in [-0.15, -0.1) is 0 Å². The van der Waals surface area contributed by atoms with Crippen molar-refractivity contribution in [2.75, 3.05) is 19.4 Å². The van der Waals surface area contributed by atoms with Gasteiger partial charge < -0.3 is 10.5 Å². The highest BCUT2D eigenvalue weighted by atomic mass is 16.5. The molecular weight excluding hydrogens is 262 g/mol. The van der Waals surface area contributed by atoms with Crippen molar-refractivity contribution in [3.05, 3.63) is 29.8 Å². The summed E-state index contributed by atoms with van der Waals surface area (Å²) in [6.45, 7) is 8.53. The molecule has 21 heavy (non-hydrogen) atoms. The molecule has 0 radical (unpaired) electrons. The highest BCUT2D eigenvalue weighted by Gasteiger charge is 2.12. The van der Waals surface area contributed by atoms with Crippen LogP contribution in [-0.2, 0) is 6.54 Å². The molecule has 2 rings (SSSR count). The standard InChI is InChI=1S/C17H25N3O/c1-5-8-20(12(2)3)11-14-9-13-6-7-15(21-4)10-16(13)19-17(14)18/h6-7,9-10,12H,5,8,11H2,1-4H3,(H2,18,19). The Kier molecular flexibility index (Phi) is 5.02. The molecule has 4 heteroatoms. The van der Waals surface area contributed by atoms with Gasteiger partial charge >= 0.3 is 0 Å². The van der Waals surface area contributed by atoms with E-state index in [2.05, 4.69) is 36.7 Å². The number of ether oxygens (including phenoxy) is 1. The fourth-order valence-corrected chi connectivity index (χ4v) is 2.49. The maximum Gasteiger partial charge on any atom is 0.128 e. The molecule has 0 atom stereocenters. The Bertz CT molecular complexity index is 610. The van der Waals surface area contributed by atoms with Gasteiger partial charge in [0.25, 0.3) is 0 Å². The summed E-state index contributed by atoms with van der Waals surface area (Å²) >= 11 is 0. The van der Waals surface area contributed by atoms with Crippen molar-refractivity contribution < 1.29 is 4.74 Å². The van der Waals surface area contributed by atoms with E-state index >= 15 is 0 Å². The molecule has 0 aliphatic carbocycles. The predicted molar refractivity (Wildman–Crippen MR) is 88.5 cm³/mol. The monoisotopic (exact) mass is 287 g/mol. The van der Waals surface area contributed by atoms with Crippen LogP contribution in [0, 0.1) is 0 Å². The van der Waals surface area contributed by atoms with Crippen molar-refractivity contribution in [2.24, 2.45) is 0 Å². The number of rotatable bonds is 6. The molecule has 4 nitrogen and oxygen atoms in total. The average Bonchev–Trinajstić information content (AvgIpc) is 2.46. The van der Waals surface area contributed by atoms with Crippen LogP contribution >= 0.6 is 0 Å². The zero-order valence-electron chi connectivity index (χ0n) is 13.4. The minimum atomic E-state index is 0.496. The van der Waals surface area contributed by atoms with Gasteiger partial charge in [0.1, 0.15) is 11.6 Å². The van der Waals surface area contributed by atoms with Gasteiger partial charge in [-0.25, -0.2) is 4.98 Å². The molecule has 0 saturated carbocycles. The SMILES string of the molecule is CCCN(Cc1cc2ccc(OC)cc2nc1N)C(C)C. The average molecular weight is 287 g/mol. The highest BCUT2D eigenvalue weighted by Crippen LogP contribution is 2.24. The fraction of sp³-hybridized carbons (Fsp3) is 0.471. The lowest BCUT2D eigenvalue weighted by Crippen LogP contribution is -2.31. The molecular formula is C17H25N3O. The number of hydrogen-bond acceptors (Lipinski definition) is 4. The summed E-state index contributed by atoms with van der Waals surface area (Å²) < 4.78 is 5.23. The molecule has 2 aromatic rings. The molecule has 1 aromatic heterocycles. The second-order valence-electron chi connectivity index (χ2n) is 5.66. The van der Waals surface area contributed by atoms with Crippen LogP contribution in [0.15, 0.2) is 24.3 Å². The normalized spacial score (nSPS) is 11.5. The van der Waals surface area contributed by atoms with Crippen molar-refractivity contribution in [3.63, 3.8) is 0 Å². The quantitative estimate of drug-likeness (QED) is 0.884. The first-order chi connectivity index (χ1) is 10.0. The van der Waals surface area contributed by atoms with Gasteiger partial charge in [-0.05, 0) is 45.0 Å². The van der Waals surface area contributed by atoms with E-state index in [4.69, 9.17) is 10.5 Å². The number of nitrogens with zero attached hydrogens (tertiary/aromatic N) is 2. The Morgan fingerprint density at radius 2 is 2.05 bits per heavy atom. The van der Waals surface area contributed by atoms with Crippen LogP contribution in [0.25, 0.3) is 10.9 Å². The minimum Gasteiger partial charge on any atom is -0.497 e. The number of nitrogen functional groups attached to an aromatic ring is 1. The number of benzene rings is 1. The third kappa shape index (κ3) is 3.64. The summed E-state index contributed by atoms with van der Waals surface area (Å²) in [5.74, 6) is 1.41. The summed E-state index contributed by atoms with van der Waals surface area (Å²) in [5, 5.41) is 1.10. The van der Waals surface area contributed by atoms with Crippen molar-refractivity contribution >= 4 is 16.7 Å². The Morgan fingerprint density at radius 1 is 1.29 bits per heavy atom. The molecule has 0 unspecified atom stereocenters. The molecule has 0 fully saturated rings. The predicted octanol–water partition coefficient (Wildman–Crippen LogP) is 3.45. The highest BCUT2D eigenvalue weighted by molar-refractivity contribution is 5.82. The van der Waals surface area contributed by atoms with E-state index < -0.39 is 0 Å². The Labute approximate surface area is 126 Å². The summed E-state index contributed by atoms with van der Waals surface area (Å²) in [6.07, 6.45) is 1.14. The van der Waals surface area contributed by atoms with Gasteiger partial charge in [-0.3, -0.25) is 4.90 Å². The largest absolute Gasteiger partial charge is 0.497 e. The lowest BCUT2D eigenvalue weighted by molar-refractivity contribution is 0.213. The van der Waals surface area contributed by atoms with Crippen LogP contribution in [-0.4, -0.2) is 29.6 Å². The Hall–Kier alpha value is -1.81. The van der Waals surface area contributed by atoms with Crippen molar-refractivity contribution in [1.29, 1.82) is 0 Å². The summed E-state index contributed by atoms with van der Waals surface area (Å²) in [6, 6.07) is 8.54. The van der Waals surface area contributed by atoms with Crippen LogP contribution in [0.3, 0.4) is 0 Å². The second kappa shape index (κ2) is 6.76. The van der Waals surface area contributed by atoms with Crippen LogP contribution in [0.2, 0.25) is 0 Å².